The van der Waals surface area contributed by atoms with Gasteiger partial charge in [0.25, 0.3) is 0 Å². The maximum Gasteiger partial charge on any atom is 0.233 e. The molecule has 4 heteroatoms. The van der Waals surface area contributed by atoms with Crippen LogP contribution in [0.3, 0.4) is 0 Å². The molecule has 96 valence electrons. The van der Waals surface area contributed by atoms with E-state index in [1.807, 2.05) is 48.5 Å². The number of carbonyl (C=O) groups is 1. The van der Waals surface area contributed by atoms with Gasteiger partial charge >= 0.3 is 0 Å². The van der Waals surface area contributed by atoms with Crippen molar-refractivity contribution in [2.24, 2.45) is 0 Å². The van der Waals surface area contributed by atoms with E-state index in [4.69, 9.17) is 0 Å². The summed E-state index contributed by atoms with van der Waals surface area (Å²) >= 11 is 2.24. The van der Waals surface area contributed by atoms with Crippen LogP contribution in [0.1, 0.15) is 11.5 Å². The molecule has 0 saturated heterocycles. The van der Waals surface area contributed by atoms with Gasteiger partial charge in [-0.25, -0.2) is 0 Å². The molecule has 3 rings (SSSR count). The summed E-state index contributed by atoms with van der Waals surface area (Å²) in [6, 6.07) is 15.9. The van der Waals surface area contributed by atoms with E-state index in [0.717, 1.165) is 20.5 Å². The lowest BCUT2D eigenvalue weighted by Gasteiger charge is -2.13. The minimum absolute atomic E-state index is 0.0412. The lowest BCUT2D eigenvalue weighted by molar-refractivity contribution is -0.117. The van der Waals surface area contributed by atoms with E-state index >= 15 is 0 Å². The van der Waals surface area contributed by atoms with Crippen molar-refractivity contribution in [3.8, 4) is 0 Å². The zero-order valence-corrected chi connectivity index (χ0v) is 12.3. The summed E-state index contributed by atoms with van der Waals surface area (Å²) in [7, 11) is 0. The molecule has 1 heterocycles. The van der Waals surface area contributed by atoms with Crippen LogP contribution in [0.2, 0.25) is 0 Å². The van der Waals surface area contributed by atoms with Crippen LogP contribution in [-0.2, 0) is 4.79 Å². The predicted molar refractivity (Wildman–Crippen MR) is 85.5 cm³/mol. The molecular formula is C15H13IN2O. The topological polar surface area (TPSA) is 41.1 Å². The summed E-state index contributed by atoms with van der Waals surface area (Å²) in [6.07, 6.45) is 0. The summed E-state index contributed by atoms with van der Waals surface area (Å²) in [5, 5.41) is 6.35. The molecule has 3 nitrogen and oxygen atoms in total. The molecule has 2 N–H and O–H groups in total. The van der Waals surface area contributed by atoms with Crippen molar-refractivity contribution in [2.45, 2.75) is 5.92 Å². The van der Waals surface area contributed by atoms with Gasteiger partial charge in [-0.1, -0.05) is 30.3 Å². The quantitative estimate of drug-likeness (QED) is 0.762. The minimum atomic E-state index is -0.161. The number of halogens is 1. The van der Waals surface area contributed by atoms with E-state index in [9.17, 15) is 4.79 Å². The van der Waals surface area contributed by atoms with Gasteiger partial charge in [-0.2, -0.15) is 0 Å². The highest BCUT2D eigenvalue weighted by Gasteiger charge is 2.24. The van der Waals surface area contributed by atoms with E-state index in [0.29, 0.717) is 6.54 Å². The Bertz CT molecular complexity index is 613. The normalized spacial score (nSPS) is 17.9. The first-order chi connectivity index (χ1) is 9.24. The minimum Gasteiger partial charge on any atom is -0.382 e. The molecule has 2 aromatic carbocycles. The maximum absolute atomic E-state index is 12.3. The Balaban J connectivity index is 1.93. The number of carbonyl (C=O) groups excluding carboxylic acids is 1. The molecule has 1 unspecified atom stereocenters. The van der Waals surface area contributed by atoms with Crippen molar-refractivity contribution in [3.63, 3.8) is 0 Å². The Morgan fingerprint density at radius 3 is 2.63 bits per heavy atom. The summed E-state index contributed by atoms with van der Waals surface area (Å²) < 4.78 is 1.11. The average Bonchev–Trinajstić information content (AvgIpc) is 2.57. The lowest BCUT2D eigenvalue weighted by atomic mass is 9.98. The van der Waals surface area contributed by atoms with Gasteiger partial charge in [0.05, 0.1) is 17.3 Å². The van der Waals surface area contributed by atoms with Gasteiger partial charge in [0.1, 0.15) is 0 Å². The van der Waals surface area contributed by atoms with E-state index < -0.39 is 0 Å². The van der Waals surface area contributed by atoms with Gasteiger partial charge in [0.2, 0.25) is 5.91 Å². The van der Waals surface area contributed by atoms with Crippen LogP contribution < -0.4 is 10.6 Å². The van der Waals surface area contributed by atoms with Crippen molar-refractivity contribution in [1.82, 2.24) is 0 Å². The SMILES string of the molecule is O=C1Nc2cc(I)ccc2NCC1c1ccccc1. The van der Waals surface area contributed by atoms with Crippen molar-refractivity contribution < 1.29 is 4.79 Å². The molecule has 1 aliphatic heterocycles. The Labute approximate surface area is 125 Å². The fraction of sp³-hybridized carbons (Fsp3) is 0.133. The molecule has 0 aliphatic carbocycles. The Hall–Kier alpha value is -1.56. The third-order valence-corrected chi connectivity index (χ3v) is 3.93. The van der Waals surface area contributed by atoms with Gasteiger partial charge in [-0.05, 0) is 46.4 Å². The second-order valence-electron chi connectivity index (χ2n) is 4.52. The number of amides is 1. The highest BCUT2D eigenvalue weighted by Crippen LogP contribution is 2.30. The van der Waals surface area contributed by atoms with Gasteiger partial charge < -0.3 is 10.6 Å². The van der Waals surface area contributed by atoms with Gasteiger partial charge in [0.15, 0.2) is 0 Å². The van der Waals surface area contributed by atoms with Crippen LogP contribution in [0.4, 0.5) is 11.4 Å². The standard InChI is InChI=1S/C15H13IN2O/c16-11-6-7-13-14(8-11)18-15(19)12(9-17-13)10-4-2-1-3-5-10/h1-8,12,17H,9H2,(H,18,19). The van der Waals surface area contributed by atoms with Crippen LogP contribution in [0.15, 0.2) is 48.5 Å². The van der Waals surface area contributed by atoms with Crippen LogP contribution in [-0.4, -0.2) is 12.5 Å². The molecule has 19 heavy (non-hydrogen) atoms. The zero-order valence-electron chi connectivity index (χ0n) is 10.2. The maximum atomic E-state index is 12.3. The van der Waals surface area contributed by atoms with E-state index in [-0.39, 0.29) is 11.8 Å². The number of benzene rings is 2. The molecule has 2 aromatic rings. The number of fused-ring (bicyclic) bond motifs is 1. The monoisotopic (exact) mass is 364 g/mol. The molecule has 1 atom stereocenters. The average molecular weight is 364 g/mol. The second-order valence-corrected chi connectivity index (χ2v) is 5.77. The van der Waals surface area contributed by atoms with Crippen LogP contribution >= 0.6 is 22.6 Å². The van der Waals surface area contributed by atoms with Crippen LogP contribution in [0.25, 0.3) is 0 Å². The molecule has 0 aromatic heterocycles. The third-order valence-electron chi connectivity index (χ3n) is 3.25. The number of nitrogens with one attached hydrogen (secondary N) is 2. The second kappa shape index (κ2) is 5.21. The first kappa shape index (κ1) is 12.5. The highest BCUT2D eigenvalue weighted by molar-refractivity contribution is 14.1. The van der Waals surface area contributed by atoms with Gasteiger partial charge in [0, 0.05) is 10.1 Å². The summed E-state index contributed by atoms with van der Waals surface area (Å²) in [6.45, 7) is 0.615. The van der Waals surface area contributed by atoms with E-state index in [2.05, 4.69) is 33.2 Å². The number of hydrogen-bond acceptors (Lipinski definition) is 2. The molecule has 0 fully saturated rings. The molecule has 0 radical (unpaired) electrons. The molecule has 0 bridgehead atoms. The Morgan fingerprint density at radius 1 is 1.05 bits per heavy atom. The molecule has 1 amide bonds. The van der Waals surface area contributed by atoms with E-state index in [1.165, 1.54) is 0 Å². The predicted octanol–water partition coefficient (Wildman–Crippen LogP) is 3.44. The number of anilines is 2. The summed E-state index contributed by atoms with van der Waals surface area (Å²) in [4.78, 5) is 12.3. The van der Waals surface area contributed by atoms with Crippen molar-refractivity contribution >= 4 is 39.9 Å². The van der Waals surface area contributed by atoms with Crippen molar-refractivity contribution in [2.75, 3.05) is 17.2 Å². The van der Waals surface area contributed by atoms with Crippen molar-refractivity contribution in [3.05, 3.63) is 57.7 Å². The Morgan fingerprint density at radius 2 is 1.84 bits per heavy atom. The highest BCUT2D eigenvalue weighted by atomic mass is 127. The fourth-order valence-electron chi connectivity index (χ4n) is 2.25. The molecule has 1 aliphatic rings. The molecule has 0 spiro atoms. The fourth-order valence-corrected chi connectivity index (χ4v) is 2.74. The number of rotatable bonds is 1. The largest absolute Gasteiger partial charge is 0.382 e. The van der Waals surface area contributed by atoms with E-state index in [1.54, 1.807) is 0 Å². The van der Waals surface area contributed by atoms with Gasteiger partial charge in [-0.3, -0.25) is 4.79 Å². The summed E-state index contributed by atoms with van der Waals surface area (Å²) in [5.41, 5.74) is 2.87. The molecular weight excluding hydrogens is 351 g/mol. The van der Waals surface area contributed by atoms with Crippen LogP contribution in [0, 0.1) is 3.57 Å². The lowest BCUT2D eigenvalue weighted by Crippen LogP contribution is -2.23. The first-order valence-electron chi connectivity index (χ1n) is 6.13. The van der Waals surface area contributed by atoms with Gasteiger partial charge in [-0.15, -0.1) is 0 Å². The number of hydrogen-bond donors (Lipinski definition) is 2. The third kappa shape index (κ3) is 2.58. The van der Waals surface area contributed by atoms with Crippen molar-refractivity contribution in [1.29, 1.82) is 0 Å². The smallest absolute Gasteiger partial charge is 0.233 e. The zero-order chi connectivity index (χ0) is 13.2. The first-order valence-corrected chi connectivity index (χ1v) is 7.21. The van der Waals surface area contributed by atoms with Crippen LogP contribution in [0.5, 0.6) is 0 Å². The molecule has 0 saturated carbocycles. The Kier molecular flexibility index (Phi) is 3.42. The summed E-state index contributed by atoms with van der Waals surface area (Å²) in [5.74, 6) is -0.120.